The number of aliphatic hydroxyl groups excluding tert-OH is 1. The highest BCUT2D eigenvalue weighted by Crippen LogP contribution is 2.38. The van der Waals surface area contributed by atoms with Crippen molar-refractivity contribution in [2.75, 3.05) is 11.4 Å². The number of aliphatic hydroxyl groups is 1. The fourth-order valence-corrected chi connectivity index (χ4v) is 2.35. The van der Waals surface area contributed by atoms with Crippen LogP contribution in [0.3, 0.4) is 0 Å². The Morgan fingerprint density at radius 1 is 1.41 bits per heavy atom. The number of hydrogen-bond donors (Lipinski definition) is 1. The van der Waals surface area contributed by atoms with Crippen molar-refractivity contribution in [3.8, 4) is 0 Å². The molecule has 0 spiro atoms. The lowest BCUT2D eigenvalue weighted by molar-refractivity contribution is 0.199. The van der Waals surface area contributed by atoms with Crippen molar-refractivity contribution in [3.63, 3.8) is 0 Å². The molecule has 3 nitrogen and oxygen atoms in total. The first-order valence-corrected chi connectivity index (χ1v) is 6.65. The van der Waals surface area contributed by atoms with Crippen molar-refractivity contribution in [3.05, 3.63) is 23.9 Å². The van der Waals surface area contributed by atoms with Gasteiger partial charge in [0.2, 0.25) is 0 Å². The Morgan fingerprint density at radius 3 is 2.76 bits per heavy atom. The van der Waals surface area contributed by atoms with E-state index in [9.17, 15) is 5.11 Å². The second-order valence-corrected chi connectivity index (χ2v) is 5.42. The van der Waals surface area contributed by atoms with E-state index >= 15 is 0 Å². The molecule has 0 unspecified atom stereocenters. The maximum atomic E-state index is 9.84. The Kier molecular flexibility index (Phi) is 2.79. The van der Waals surface area contributed by atoms with E-state index in [0.29, 0.717) is 6.04 Å². The zero-order valence-electron chi connectivity index (χ0n) is 10.3. The molecule has 0 radical (unpaired) electrons. The van der Waals surface area contributed by atoms with Gasteiger partial charge in [0.05, 0.1) is 6.10 Å². The summed E-state index contributed by atoms with van der Waals surface area (Å²) in [6.45, 7) is 2.95. The standard InChI is InChI=1S/C14H20N2O/c1-10(17)13-3-2-8-15-14(13)16(12-6-7-12)9-11-4-5-11/h2-3,8,10-12,17H,4-7,9H2,1H3/t10-/m0/s1. The zero-order valence-corrected chi connectivity index (χ0v) is 10.3. The number of nitrogens with zero attached hydrogens (tertiary/aromatic N) is 2. The number of hydrogen-bond acceptors (Lipinski definition) is 3. The van der Waals surface area contributed by atoms with E-state index in [1.54, 1.807) is 0 Å². The quantitative estimate of drug-likeness (QED) is 0.847. The van der Waals surface area contributed by atoms with Gasteiger partial charge in [-0.2, -0.15) is 0 Å². The Hall–Kier alpha value is -1.09. The van der Waals surface area contributed by atoms with Crippen LogP contribution in [0.15, 0.2) is 18.3 Å². The summed E-state index contributed by atoms with van der Waals surface area (Å²) in [5.41, 5.74) is 0.972. The second-order valence-electron chi connectivity index (χ2n) is 5.42. The Bertz CT molecular complexity index is 397. The first-order chi connectivity index (χ1) is 8.25. The number of rotatable bonds is 5. The fraction of sp³-hybridized carbons (Fsp3) is 0.643. The van der Waals surface area contributed by atoms with Gasteiger partial charge in [-0.25, -0.2) is 4.98 Å². The molecule has 0 aliphatic heterocycles. The molecule has 2 fully saturated rings. The van der Waals surface area contributed by atoms with Crippen LogP contribution in [0.2, 0.25) is 0 Å². The molecule has 3 heteroatoms. The molecule has 1 N–H and O–H groups in total. The van der Waals surface area contributed by atoms with Crippen molar-refractivity contribution >= 4 is 5.82 Å². The third kappa shape index (κ3) is 2.44. The molecule has 1 aromatic heterocycles. The monoisotopic (exact) mass is 232 g/mol. The summed E-state index contributed by atoms with van der Waals surface area (Å²) in [7, 11) is 0. The topological polar surface area (TPSA) is 36.4 Å². The van der Waals surface area contributed by atoms with Crippen LogP contribution in [0.25, 0.3) is 0 Å². The first-order valence-electron chi connectivity index (χ1n) is 6.65. The van der Waals surface area contributed by atoms with E-state index in [-0.39, 0.29) is 0 Å². The molecule has 0 saturated heterocycles. The van der Waals surface area contributed by atoms with Crippen molar-refractivity contribution in [2.24, 2.45) is 5.92 Å². The minimum absolute atomic E-state index is 0.431. The van der Waals surface area contributed by atoms with Gasteiger partial charge in [-0.1, -0.05) is 6.07 Å². The van der Waals surface area contributed by atoms with E-state index in [1.165, 1.54) is 25.7 Å². The number of anilines is 1. The van der Waals surface area contributed by atoms with Gasteiger partial charge in [0.1, 0.15) is 5.82 Å². The normalized spacial score (nSPS) is 21.3. The van der Waals surface area contributed by atoms with Crippen LogP contribution in [-0.2, 0) is 0 Å². The maximum absolute atomic E-state index is 9.84. The number of pyridine rings is 1. The summed E-state index contributed by atoms with van der Waals surface area (Å²) in [5.74, 6) is 1.87. The van der Waals surface area contributed by atoms with Gasteiger partial charge in [0, 0.05) is 24.3 Å². The third-order valence-corrected chi connectivity index (χ3v) is 3.68. The van der Waals surface area contributed by atoms with Crippen molar-refractivity contribution < 1.29 is 5.11 Å². The molecule has 0 aromatic carbocycles. The lowest BCUT2D eigenvalue weighted by atomic mass is 10.1. The molecule has 17 heavy (non-hydrogen) atoms. The Morgan fingerprint density at radius 2 is 2.18 bits per heavy atom. The minimum atomic E-state index is -0.431. The van der Waals surface area contributed by atoms with Crippen LogP contribution in [0.5, 0.6) is 0 Å². The first kappa shape index (κ1) is 11.0. The molecule has 2 aliphatic rings. The molecule has 3 rings (SSSR count). The van der Waals surface area contributed by atoms with E-state index in [1.807, 2.05) is 25.3 Å². The van der Waals surface area contributed by atoms with Crippen LogP contribution in [-0.4, -0.2) is 22.7 Å². The average molecular weight is 232 g/mol. The van der Waals surface area contributed by atoms with E-state index in [0.717, 1.165) is 23.8 Å². The minimum Gasteiger partial charge on any atom is -0.389 e. The van der Waals surface area contributed by atoms with Crippen LogP contribution in [0.1, 0.15) is 44.3 Å². The highest BCUT2D eigenvalue weighted by Gasteiger charge is 2.35. The summed E-state index contributed by atoms with van der Waals surface area (Å²) in [6.07, 6.45) is 6.69. The SMILES string of the molecule is C[C@H](O)c1cccnc1N(CC1CC1)C1CC1. The molecule has 0 amide bonds. The van der Waals surface area contributed by atoms with Crippen molar-refractivity contribution in [1.29, 1.82) is 0 Å². The largest absolute Gasteiger partial charge is 0.389 e. The van der Waals surface area contributed by atoms with Crippen molar-refractivity contribution in [1.82, 2.24) is 4.98 Å². The molecule has 1 atom stereocenters. The summed E-state index contributed by atoms with van der Waals surface area (Å²) in [5, 5.41) is 9.84. The van der Waals surface area contributed by atoms with Gasteiger partial charge in [0.15, 0.2) is 0 Å². The molecule has 0 bridgehead atoms. The average Bonchev–Trinajstić information content (AvgIpc) is 3.17. The molecule has 1 aromatic rings. The Balaban J connectivity index is 1.87. The molecule has 92 valence electrons. The molecule has 1 heterocycles. The fourth-order valence-electron chi connectivity index (χ4n) is 2.35. The predicted octanol–water partition coefficient (Wildman–Crippen LogP) is 2.51. The van der Waals surface area contributed by atoms with E-state index in [4.69, 9.17) is 0 Å². The molecule has 2 saturated carbocycles. The Labute approximate surface area is 102 Å². The van der Waals surface area contributed by atoms with Crippen molar-refractivity contribution in [2.45, 2.75) is 44.8 Å². The summed E-state index contributed by atoms with van der Waals surface area (Å²) in [4.78, 5) is 6.94. The highest BCUT2D eigenvalue weighted by atomic mass is 16.3. The highest BCUT2D eigenvalue weighted by molar-refractivity contribution is 5.50. The zero-order chi connectivity index (χ0) is 11.8. The summed E-state index contributed by atoms with van der Waals surface area (Å²) < 4.78 is 0. The third-order valence-electron chi connectivity index (χ3n) is 3.68. The van der Waals surface area contributed by atoms with Gasteiger partial charge < -0.3 is 10.0 Å². The lowest BCUT2D eigenvalue weighted by Gasteiger charge is -2.26. The predicted molar refractivity (Wildman–Crippen MR) is 68.0 cm³/mol. The number of aromatic nitrogens is 1. The molecular weight excluding hydrogens is 212 g/mol. The van der Waals surface area contributed by atoms with Crippen LogP contribution < -0.4 is 4.90 Å². The van der Waals surface area contributed by atoms with E-state index < -0.39 is 6.10 Å². The summed E-state index contributed by atoms with van der Waals surface area (Å²) >= 11 is 0. The van der Waals surface area contributed by atoms with Gasteiger partial charge in [-0.15, -0.1) is 0 Å². The molecule has 2 aliphatic carbocycles. The lowest BCUT2D eigenvalue weighted by Crippen LogP contribution is -2.30. The van der Waals surface area contributed by atoms with Gasteiger partial charge >= 0.3 is 0 Å². The van der Waals surface area contributed by atoms with Gasteiger partial charge in [-0.05, 0) is 44.6 Å². The molecular formula is C14H20N2O. The van der Waals surface area contributed by atoms with Crippen LogP contribution in [0.4, 0.5) is 5.82 Å². The smallest absolute Gasteiger partial charge is 0.134 e. The van der Waals surface area contributed by atoms with Gasteiger partial charge in [-0.3, -0.25) is 0 Å². The van der Waals surface area contributed by atoms with Crippen LogP contribution in [0, 0.1) is 5.92 Å². The van der Waals surface area contributed by atoms with Crippen LogP contribution >= 0.6 is 0 Å². The summed E-state index contributed by atoms with van der Waals surface area (Å²) in [6, 6.07) is 4.58. The maximum Gasteiger partial charge on any atom is 0.134 e. The van der Waals surface area contributed by atoms with Gasteiger partial charge in [0.25, 0.3) is 0 Å². The second kappa shape index (κ2) is 4.30. The van der Waals surface area contributed by atoms with E-state index in [2.05, 4.69) is 9.88 Å².